The fourth-order valence-corrected chi connectivity index (χ4v) is 1.69. The molecule has 2 aromatic rings. The Morgan fingerprint density at radius 3 is 2.93 bits per heavy atom. The number of rotatable bonds is 3. The molecular weight excluding hydrogens is 176 g/mol. The highest BCUT2D eigenvalue weighted by atomic mass is 16.3. The van der Waals surface area contributed by atoms with E-state index in [0.29, 0.717) is 0 Å². The molecule has 0 fully saturated rings. The van der Waals surface area contributed by atoms with Crippen LogP contribution in [-0.2, 0) is 0 Å². The van der Waals surface area contributed by atoms with Crippen LogP contribution in [0.3, 0.4) is 0 Å². The lowest BCUT2D eigenvalue weighted by Gasteiger charge is -2.06. The van der Waals surface area contributed by atoms with Crippen LogP contribution in [0.15, 0.2) is 34.9 Å². The second-order valence-electron chi connectivity index (χ2n) is 3.49. The number of aliphatic hydroxyl groups is 1. The zero-order valence-corrected chi connectivity index (χ0v) is 8.23. The molecule has 14 heavy (non-hydrogen) atoms. The first-order valence-corrected chi connectivity index (χ1v) is 4.97. The van der Waals surface area contributed by atoms with E-state index in [2.05, 4.69) is 6.92 Å². The molecular formula is C12H14O2. The van der Waals surface area contributed by atoms with Crippen molar-refractivity contribution in [3.63, 3.8) is 0 Å². The number of para-hydroxylation sites is 1. The fraction of sp³-hybridized carbons (Fsp3) is 0.333. The van der Waals surface area contributed by atoms with Gasteiger partial charge >= 0.3 is 0 Å². The Balaban J connectivity index is 2.42. The predicted octanol–water partition coefficient (Wildman–Crippen LogP) is 3.27. The van der Waals surface area contributed by atoms with Crippen LogP contribution in [0.2, 0.25) is 0 Å². The molecule has 2 nitrogen and oxygen atoms in total. The minimum absolute atomic E-state index is 0.399. The molecule has 0 aliphatic heterocycles. The first kappa shape index (κ1) is 9.28. The van der Waals surface area contributed by atoms with E-state index < -0.39 is 6.10 Å². The smallest absolute Gasteiger partial charge is 0.134 e. The summed E-state index contributed by atoms with van der Waals surface area (Å²) in [7, 11) is 0. The molecule has 0 saturated carbocycles. The highest BCUT2D eigenvalue weighted by molar-refractivity contribution is 5.81. The summed E-state index contributed by atoms with van der Waals surface area (Å²) in [6.45, 7) is 2.06. The van der Waals surface area contributed by atoms with Gasteiger partial charge in [0.1, 0.15) is 5.58 Å². The molecule has 74 valence electrons. The largest absolute Gasteiger partial charge is 0.464 e. The molecule has 0 saturated heterocycles. The third kappa shape index (κ3) is 1.53. The lowest BCUT2D eigenvalue weighted by atomic mass is 10.0. The molecule has 1 aromatic carbocycles. The van der Waals surface area contributed by atoms with Gasteiger partial charge in [0.2, 0.25) is 0 Å². The van der Waals surface area contributed by atoms with E-state index in [-0.39, 0.29) is 0 Å². The molecule has 1 atom stereocenters. The van der Waals surface area contributed by atoms with E-state index in [0.717, 1.165) is 29.4 Å². The summed E-state index contributed by atoms with van der Waals surface area (Å²) in [5, 5.41) is 10.9. The monoisotopic (exact) mass is 190 g/mol. The third-order valence-electron chi connectivity index (χ3n) is 2.43. The van der Waals surface area contributed by atoms with Gasteiger partial charge in [0.05, 0.1) is 12.4 Å². The predicted molar refractivity (Wildman–Crippen MR) is 56.1 cm³/mol. The van der Waals surface area contributed by atoms with Crippen molar-refractivity contribution in [1.29, 1.82) is 0 Å². The molecule has 2 heteroatoms. The van der Waals surface area contributed by atoms with E-state index >= 15 is 0 Å². The molecule has 0 amide bonds. The van der Waals surface area contributed by atoms with Gasteiger partial charge in [-0.3, -0.25) is 0 Å². The van der Waals surface area contributed by atoms with E-state index in [9.17, 15) is 5.11 Å². The van der Waals surface area contributed by atoms with Crippen LogP contribution in [0.4, 0.5) is 0 Å². The van der Waals surface area contributed by atoms with E-state index in [1.807, 2.05) is 24.3 Å². The van der Waals surface area contributed by atoms with Crippen molar-refractivity contribution in [2.45, 2.75) is 25.9 Å². The van der Waals surface area contributed by atoms with Crippen LogP contribution in [0, 0.1) is 0 Å². The van der Waals surface area contributed by atoms with Crippen molar-refractivity contribution in [3.05, 3.63) is 36.1 Å². The van der Waals surface area contributed by atoms with Gasteiger partial charge in [-0.25, -0.2) is 0 Å². The third-order valence-corrected chi connectivity index (χ3v) is 2.43. The van der Waals surface area contributed by atoms with Crippen LogP contribution >= 0.6 is 0 Å². The van der Waals surface area contributed by atoms with Crippen molar-refractivity contribution in [1.82, 2.24) is 0 Å². The van der Waals surface area contributed by atoms with Gasteiger partial charge in [-0.05, 0) is 12.5 Å². The van der Waals surface area contributed by atoms with Gasteiger partial charge in [-0.1, -0.05) is 31.5 Å². The first-order valence-electron chi connectivity index (χ1n) is 4.97. The van der Waals surface area contributed by atoms with E-state index in [4.69, 9.17) is 4.42 Å². The number of hydrogen-bond donors (Lipinski definition) is 1. The molecule has 1 N–H and O–H groups in total. The van der Waals surface area contributed by atoms with Gasteiger partial charge in [0, 0.05) is 10.9 Å². The molecule has 0 aliphatic rings. The van der Waals surface area contributed by atoms with E-state index in [1.165, 1.54) is 0 Å². The van der Waals surface area contributed by atoms with Crippen molar-refractivity contribution in [2.75, 3.05) is 0 Å². The summed E-state index contributed by atoms with van der Waals surface area (Å²) in [6.07, 6.45) is 3.01. The van der Waals surface area contributed by atoms with Crippen molar-refractivity contribution in [3.8, 4) is 0 Å². The summed E-state index contributed by atoms with van der Waals surface area (Å²) in [4.78, 5) is 0. The second kappa shape index (κ2) is 3.84. The SMILES string of the molecule is CCC[C@H](O)c1coc2ccccc12. The van der Waals surface area contributed by atoms with Crippen LogP contribution in [-0.4, -0.2) is 5.11 Å². The van der Waals surface area contributed by atoms with Gasteiger partial charge < -0.3 is 9.52 Å². The first-order chi connectivity index (χ1) is 6.83. The number of benzene rings is 1. The highest BCUT2D eigenvalue weighted by Gasteiger charge is 2.12. The maximum atomic E-state index is 9.85. The average molecular weight is 190 g/mol. The molecule has 1 aromatic heterocycles. The molecule has 0 spiro atoms. The number of furan rings is 1. The minimum Gasteiger partial charge on any atom is -0.464 e. The Morgan fingerprint density at radius 2 is 2.14 bits per heavy atom. The maximum Gasteiger partial charge on any atom is 0.134 e. The van der Waals surface area contributed by atoms with Gasteiger partial charge in [-0.15, -0.1) is 0 Å². The summed E-state index contributed by atoms with van der Waals surface area (Å²) < 4.78 is 5.36. The quantitative estimate of drug-likeness (QED) is 0.805. The molecule has 1 heterocycles. The van der Waals surface area contributed by atoms with Crippen LogP contribution in [0.5, 0.6) is 0 Å². The Kier molecular flexibility index (Phi) is 2.55. The van der Waals surface area contributed by atoms with Crippen LogP contribution in [0.1, 0.15) is 31.4 Å². The molecule has 0 unspecified atom stereocenters. The minimum atomic E-state index is -0.399. The number of aliphatic hydroxyl groups excluding tert-OH is 1. The molecule has 0 aliphatic carbocycles. The normalized spacial score (nSPS) is 13.3. The Morgan fingerprint density at radius 1 is 1.36 bits per heavy atom. The highest BCUT2D eigenvalue weighted by Crippen LogP contribution is 2.28. The summed E-state index contributed by atoms with van der Waals surface area (Å²) in [6, 6.07) is 7.78. The van der Waals surface area contributed by atoms with Gasteiger partial charge in [0.15, 0.2) is 0 Å². The van der Waals surface area contributed by atoms with Gasteiger partial charge in [0.25, 0.3) is 0 Å². The zero-order valence-electron chi connectivity index (χ0n) is 8.23. The summed E-state index contributed by atoms with van der Waals surface area (Å²) in [5.41, 5.74) is 1.75. The van der Waals surface area contributed by atoms with Crippen LogP contribution < -0.4 is 0 Å². The molecule has 0 radical (unpaired) electrons. The average Bonchev–Trinajstić information content (AvgIpc) is 2.61. The lowest BCUT2D eigenvalue weighted by Crippen LogP contribution is -1.94. The zero-order chi connectivity index (χ0) is 9.97. The maximum absolute atomic E-state index is 9.85. The van der Waals surface area contributed by atoms with E-state index in [1.54, 1.807) is 6.26 Å². The number of hydrogen-bond acceptors (Lipinski definition) is 2. The van der Waals surface area contributed by atoms with Crippen molar-refractivity contribution < 1.29 is 9.52 Å². The standard InChI is InChI=1S/C12H14O2/c1-2-5-11(13)10-8-14-12-7-4-3-6-9(10)12/h3-4,6-8,11,13H,2,5H2,1H3/t11-/m0/s1. The molecule has 2 rings (SSSR count). The molecule has 0 bridgehead atoms. The van der Waals surface area contributed by atoms with Crippen molar-refractivity contribution in [2.24, 2.45) is 0 Å². The topological polar surface area (TPSA) is 33.4 Å². The lowest BCUT2D eigenvalue weighted by molar-refractivity contribution is 0.167. The van der Waals surface area contributed by atoms with Crippen LogP contribution in [0.25, 0.3) is 11.0 Å². The summed E-state index contributed by atoms with van der Waals surface area (Å²) >= 11 is 0. The van der Waals surface area contributed by atoms with Gasteiger partial charge in [-0.2, -0.15) is 0 Å². The Labute approximate surface area is 83.2 Å². The second-order valence-corrected chi connectivity index (χ2v) is 3.49. The Hall–Kier alpha value is -1.28. The van der Waals surface area contributed by atoms with Crippen molar-refractivity contribution >= 4 is 11.0 Å². The Bertz CT molecular complexity index is 417. The fourth-order valence-electron chi connectivity index (χ4n) is 1.69. The number of fused-ring (bicyclic) bond motifs is 1. The summed E-state index contributed by atoms with van der Waals surface area (Å²) in [5.74, 6) is 0.